The zero-order valence-electron chi connectivity index (χ0n) is 10.7. The first-order chi connectivity index (χ1) is 8.55. The van der Waals surface area contributed by atoms with E-state index in [1.807, 2.05) is 19.1 Å². The molecule has 1 aromatic carbocycles. The second-order valence-corrected chi connectivity index (χ2v) is 5.91. The van der Waals surface area contributed by atoms with E-state index in [4.69, 9.17) is 4.74 Å². The van der Waals surface area contributed by atoms with Crippen LogP contribution in [0.25, 0.3) is 0 Å². The molecule has 4 heteroatoms. The lowest BCUT2D eigenvalue weighted by molar-refractivity contribution is -0.149. The zero-order chi connectivity index (χ0) is 13.2. The summed E-state index contributed by atoms with van der Waals surface area (Å²) in [4.78, 5) is 11.8. The number of halogens is 1. The summed E-state index contributed by atoms with van der Waals surface area (Å²) >= 11 is 3.49. The quantitative estimate of drug-likeness (QED) is 0.854. The summed E-state index contributed by atoms with van der Waals surface area (Å²) in [6, 6.07) is 8.31. The van der Waals surface area contributed by atoms with Crippen molar-refractivity contribution in [3.8, 4) is 0 Å². The Bertz CT molecular complexity index is 449. The number of carbonyl (C=O) groups excluding carboxylic acids is 1. The minimum Gasteiger partial charge on any atom is -0.468 e. The van der Waals surface area contributed by atoms with Crippen molar-refractivity contribution < 1.29 is 9.53 Å². The highest BCUT2D eigenvalue weighted by Gasteiger charge is 2.39. The molecule has 1 aromatic rings. The fraction of sp³-hybridized carbons (Fsp3) is 0.500. The molecule has 1 N–H and O–H groups in total. The van der Waals surface area contributed by atoms with E-state index in [2.05, 4.69) is 33.4 Å². The van der Waals surface area contributed by atoms with Crippen LogP contribution in [0.5, 0.6) is 0 Å². The largest absolute Gasteiger partial charge is 0.468 e. The van der Waals surface area contributed by atoms with Crippen LogP contribution in [0, 0.1) is 0 Å². The standard InChI is InChI=1S/C14H18BrNO2/c1-14(13(17)18-2)9-11(6-7-16-14)10-4-3-5-12(15)8-10/h3-5,8,11,16H,6-7,9H2,1-2H3. The summed E-state index contributed by atoms with van der Waals surface area (Å²) in [7, 11) is 1.44. The van der Waals surface area contributed by atoms with Crippen molar-refractivity contribution in [1.82, 2.24) is 5.32 Å². The van der Waals surface area contributed by atoms with Crippen LogP contribution in [0.2, 0.25) is 0 Å². The van der Waals surface area contributed by atoms with Gasteiger partial charge in [-0.1, -0.05) is 28.1 Å². The topological polar surface area (TPSA) is 38.3 Å². The highest BCUT2D eigenvalue weighted by Crippen LogP contribution is 2.34. The number of benzene rings is 1. The fourth-order valence-corrected chi connectivity index (χ4v) is 3.03. The highest BCUT2D eigenvalue weighted by molar-refractivity contribution is 9.10. The summed E-state index contributed by atoms with van der Waals surface area (Å²) in [5.41, 5.74) is 0.709. The molecular formula is C14H18BrNO2. The van der Waals surface area contributed by atoms with Gasteiger partial charge in [0, 0.05) is 4.47 Å². The van der Waals surface area contributed by atoms with Crippen LogP contribution in [-0.4, -0.2) is 25.2 Å². The lowest BCUT2D eigenvalue weighted by Crippen LogP contribution is -2.54. The van der Waals surface area contributed by atoms with Gasteiger partial charge in [-0.2, -0.15) is 0 Å². The smallest absolute Gasteiger partial charge is 0.325 e. The first kappa shape index (κ1) is 13.6. The molecule has 98 valence electrons. The van der Waals surface area contributed by atoms with Crippen molar-refractivity contribution in [1.29, 1.82) is 0 Å². The van der Waals surface area contributed by atoms with Gasteiger partial charge in [-0.05, 0) is 49.9 Å². The fourth-order valence-electron chi connectivity index (χ4n) is 2.62. The van der Waals surface area contributed by atoms with Crippen molar-refractivity contribution in [3.05, 3.63) is 34.3 Å². The lowest BCUT2D eigenvalue weighted by atomic mass is 9.79. The van der Waals surface area contributed by atoms with Crippen molar-refractivity contribution in [2.45, 2.75) is 31.2 Å². The molecule has 18 heavy (non-hydrogen) atoms. The van der Waals surface area contributed by atoms with E-state index in [1.165, 1.54) is 12.7 Å². The predicted molar refractivity (Wildman–Crippen MR) is 74.5 cm³/mol. The molecule has 2 rings (SSSR count). The molecule has 1 aliphatic rings. The van der Waals surface area contributed by atoms with Gasteiger partial charge in [0.2, 0.25) is 0 Å². The minimum absolute atomic E-state index is 0.179. The Morgan fingerprint density at radius 2 is 2.33 bits per heavy atom. The van der Waals surface area contributed by atoms with Gasteiger partial charge in [-0.3, -0.25) is 4.79 Å². The second kappa shape index (κ2) is 5.41. The van der Waals surface area contributed by atoms with E-state index in [0.29, 0.717) is 5.92 Å². The summed E-state index contributed by atoms with van der Waals surface area (Å²) < 4.78 is 5.97. The molecular weight excluding hydrogens is 294 g/mol. The third kappa shape index (κ3) is 2.75. The molecule has 0 aliphatic carbocycles. The summed E-state index contributed by atoms with van der Waals surface area (Å²) in [5, 5.41) is 3.27. The van der Waals surface area contributed by atoms with Crippen LogP contribution in [-0.2, 0) is 9.53 Å². The van der Waals surface area contributed by atoms with Crippen LogP contribution in [0.15, 0.2) is 28.7 Å². The first-order valence-electron chi connectivity index (χ1n) is 6.14. The Hall–Kier alpha value is -0.870. The number of hydrogen-bond acceptors (Lipinski definition) is 3. The van der Waals surface area contributed by atoms with Gasteiger partial charge in [0.1, 0.15) is 5.54 Å². The minimum atomic E-state index is -0.569. The van der Waals surface area contributed by atoms with E-state index in [9.17, 15) is 4.79 Å². The highest BCUT2D eigenvalue weighted by atomic mass is 79.9. The van der Waals surface area contributed by atoms with Gasteiger partial charge >= 0.3 is 5.97 Å². The number of ether oxygens (including phenoxy) is 1. The molecule has 0 spiro atoms. The number of nitrogens with one attached hydrogen (secondary N) is 1. The SMILES string of the molecule is COC(=O)C1(C)CC(c2cccc(Br)c2)CCN1. The number of esters is 1. The number of hydrogen-bond donors (Lipinski definition) is 1. The van der Waals surface area contributed by atoms with Crippen LogP contribution in [0.3, 0.4) is 0 Å². The molecule has 0 bridgehead atoms. The van der Waals surface area contributed by atoms with E-state index in [0.717, 1.165) is 23.9 Å². The van der Waals surface area contributed by atoms with Crippen LogP contribution in [0.4, 0.5) is 0 Å². The monoisotopic (exact) mass is 311 g/mol. The molecule has 1 heterocycles. The van der Waals surface area contributed by atoms with Gasteiger partial charge < -0.3 is 10.1 Å². The number of carbonyl (C=O) groups is 1. The van der Waals surface area contributed by atoms with E-state index in [-0.39, 0.29) is 5.97 Å². The first-order valence-corrected chi connectivity index (χ1v) is 6.93. The molecule has 3 nitrogen and oxygen atoms in total. The Morgan fingerprint density at radius 3 is 3.00 bits per heavy atom. The number of piperidine rings is 1. The average molecular weight is 312 g/mol. The van der Waals surface area contributed by atoms with Crippen LogP contribution >= 0.6 is 15.9 Å². The molecule has 0 saturated carbocycles. The van der Waals surface area contributed by atoms with Gasteiger partial charge in [-0.15, -0.1) is 0 Å². The van der Waals surface area contributed by atoms with E-state index in [1.54, 1.807) is 0 Å². The third-order valence-corrected chi connectivity index (χ3v) is 4.11. The second-order valence-electron chi connectivity index (χ2n) is 5.00. The van der Waals surface area contributed by atoms with E-state index >= 15 is 0 Å². The summed E-state index contributed by atoms with van der Waals surface area (Å²) in [5.74, 6) is 0.218. The molecule has 0 aromatic heterocycles. The molecule has 1 fully saturated rings. The molecule has 1 saturated heterocycles. The molecule has 0 radical (unpaired) electrons. The summed E-state index contributed by atoms with van der Waals surface area (Å²) in [6.45, 7) is 2.76. The van der Waals surface area contributed by atoms with E-state index < -0.39 is 5.54 Å². The van der Waals surface area contributed by atoms with Gasteiger partial charge in [0.05, 0.1) is 7.11 Å². The van der Waals surface area contributed by atoms with Crippen LogP contribution < -0.4 is 5.32 Å². The Kier molecular flexibility index (Phi) is 4.07. The molecule has 2 atom stereocenters. The maximum absolute atomic E-state index is 11.8. The average Bonchev–Trinajstić information content (AvgIpc) is 2.38. The van der Waals surface area contributed by atoms with Crippen LogP contribution in [0.1, 0.15) is 31.2 Å². The van der Waals surface area contributed by atoms with Gasteiger partial charge in [0.25, 0.3) is 0 Å². The number of methoxy groups -OCH3 is 1. The normalized spacial score (nSPS) is 27.8. The molecule has 0 amide bonds. The Morgan fingerprint density at radius 1 is 1.56 bits per heavy atom. The van der Waals surface area contributed by atoms with Crippen molar-refractivity contribution >= 4 is 21.9 Å². The van der Waals surface area contributed by atoms with Crippen molar-refractivity contribution in [2.75, 3.05) is 13.7 Å². The lowest BCUT2D eigenvalue weighted by Gasteiger charge is -2.37. The zero-order valence-corrected chi connectivity index (χ0v) is 12.3. The Balaban J connectivity index is 2.19. The van der Waals surface area contributed by atoms with Crippen molar-refractivity contribution in [3.63, 3.8) is 0 Å². The molecule has 2 unspecified atom stereocenters. The third-order valence-electron chi connectivity index (χ3n) is 3.62. The maximum atomic E-state index is 11.8. The van der Waals surface area contributed by atoms with Gasteiger partial charge in [-0.25, -0.2) is 0 Å². The summed E-state index contributed by atoms with van der Waals surface area (Å²) in [6.07, 6.45) is 1.82. The molecule has 1 aliphatic heterocycles. The Labute approximate surface area is 116 Å². The maximum Gasteiger partial charge on any atom is 0.325 e. The number of rotatable bonds is 2. The van der Waals surface area contributed by atoms with Crippen molar-refractivity contribution in [2.24, 2.45) is 0 Å². The predicted octanol–water partition coefficient (Wildman–Crippen LogP) is 2.85. The van der Waals surface area contributed by atoms with Gasteiger partial charge in [0.15, 0.2) is 0 Å².